The number of rotatable bonds is 5. The van der Waals surface area contributed by atoms with E-state index in [0.29, 0.717) is 18.7 Å². The molecule has 0 aliphatic heterocycles. The average Bonchev–Trinajstić information content (AvgIpc) is 2.39. The summed E-state index contributed by atoms with van der Waals surface area (Å²) in [5.41, 5.74) is 0.285. The van der Waals surface area contributed by atoms with Crippen molar-refractivity contribution in [3.63, 3.8) is 0 Å². The predicted octanol–water partition coefficient (Wildman–Crippen LogP) is 3.54. The molecule has 0 bridgehead atoms. The first-order valence-corrected chi connectivity index (χ1v) is 6.64. The van der Waals surface area contributed by atoms with Crippen LogP contribution in [0.4, 0.5) is 10.5 Å². The molecule has 0 atom stereocenters. The van der Waals surface area contributed by atoms with Gasteiger partial charge in [-0.15, -0.1) is 0 Å². The molecule has 1 rings (SSSR count). The van der Waals surface area contributed by atoms with Crippen LogP contribution in [0.1, 0.15) is 44.5 Å². The maximum Gasteiger partial charge on any atom is 0.414 e. The van der Waals surface area contributed by atoms with Crippen molar-refractivity contribution in [3.05, 3.63) is 29.8 Å². The molecule has 0 spiro atoms. The van der Waals surface area contributed by atoms with Crippen molar-refractivity contribution in [3.8, 4) is 0 Å². The number of benzene rings is 1. The first-order chi connectivity index (χ1) is 9.30. The third kappa shape index (κ3) is 3.98. The van der Waals surface area contributed by atoms with E-state index in [1.807, 2.05) is 27.7 Å². The Bertz CT molecular complexity index is 479. The summed E-state index contributed by atoms with van der Waals surface area (Å²) in [6, 6.07) is 6.15. The Hall–Kier alpha value is -2.04. The standard InChI is InChI=1S/C15H21NO4/c1-5-15(3,4)20-14(19)16(6-2)12-9-7-11(8-10-12)13(17)18/h7-10H,5-6H2,1-4H3,(H,17,18). The number of carbonyl (C=O) groups excluding carboxylic acids is 1. The highest BCUT2D eigenvalue weighted by molar-refractivity contribution is 5.91. The van der Waals surface area contributed by atoms with Gasteiger partial charge in [0.1, 0.15) is 5.60 Å². The van der Waals surface area contributed by atoms with Crippen molar-refractivity contribution in [2.75, 3.05) is 11.4 Å². The number of carboxylic acid groups (broad SMARTS) is 1. The lowest BCUT2D eigenvalue weighted by Gasteiger charge is -2.28. The van der Waals surface area contributed by atoms with E-state index in [2.05, 4.69) is 0 Å². The lowest BCUT2D eigenvalue weighted by atomic mass is 10.1. The smallest absolute Gasteiger partial charge is 0.414 e. The highest BCUT2D eigenvalue weighted by Crippen LogP contribution is 2.20. The van der Waals surface area contributed by atoms with Crippen molar-refractivity contribution < 1.29 is 19.4 Å². The average molecular weight is 279 g/mol. The molecule has 0 saturated heterocycles. The van der Waals surface area contributed by atoms with Gasteiger partial charge in [0.2, 0.25) is 0 Å². The van der Waals surface area contributed by atoms with E-state index in [9.17, 15) is 9.59 Å². The number of carbonyl (C=O) groups is 2. The fraction of sp³-hybridized carbons (Fsp3) is 0.467. The largest absolute Gasteiger partial charge is 0.478 e. The van der Waals surface area contributed by atoms with Gasteiger partial charge < -0.3 is 9.84 Å². The molecule has 1 N–H and O–H groups in total. The van der Waals surface area contributed by atoms with Crippen molar-refractivity contribution >= 4 is 17.7 Å². The number of aromatic carboxylic acids is 1. The summed E-state index contributed by atoms with van der Waals surface area (Å²) in [5.74, 6) is -0.991. The molecule has 110 valence electrons. The van der Waals surface area contributed by atoms with Crippen LogP contribution in [0.25, 0.3) is 0 Å². The topological polar surface area (TPSA) is 66.8 Å². The second kappa shape index (κ2) is 6.41. The molecule has 1 aromatic carbocycles. The third-order valence-corrected chi connectivity index (χ3v) is 3.18. The van der Waals surface area contributed by atoms with Gasteiger partial charge in [-0.3, -0.25) is 4.90 Å². The highest BCUT2D eigenvalue weighted by atomic mass is 16.6. The van der Waals surface area contributed by atoms with Crippen LogP contribution in [0.15, 0.2) is 24.3 Å². The lowest BCUT2D eigenvalue weighted by molar-refractivity contribution is 0.0413. The second-order valence-electron chi connectivity index (χ2n) is 5.08. The van der Waals surface area contributed by atoms with Gasteiger partial charge in [0.05, 0.1) is 5.56 Å². The van der Waals surface area contributed by atoms with E-state index in [1.165, 1.54) is 17.0 Å². The predicted molar refractivity (Wildman–Crippen MR) is 77.3 cm³/mol. The minimum Gasteiger partial charge on any atom is -0.478 e. The molecule has 0 aliphatic carbocycles. The van der Waals surface area contributed by atoms with Crippen LogP contribution in [0.3, 0.4) is 0 Å². The quantitative estimate of drug-likeness (QED) is 0.895. The summed E-state index contributed by atoms with van der Waals surface area (Å²) in [7, 11) is 0. The fourth-order valence-corrected chi connectivity index (χ4v) is 1.56. The minimum absolute atomic E-state index is 0.187. The van der Waals surface area contributed by atoms with E-state index in [-0.39, 0.29) is 5.56 Å². The summed E-state index contributed by atoms with van der Waals surface area (Å²) in [6.07, 6.45) is 0.288. The highest BCUT2D eigenvalue weighted by Gasteiger charge is 2.24. The molecule has 0 heterocycles. The Morgan fingerprint density at radius 1 is 1.20 bits per heavy atom. The second-order valence-corrected chi connectivity index (χ2v) is 5.08. The van der Waals surface area contributed by atoms with Crippen molar-refractivity contribution in [2.45, 2.75) is 39.7 Å². The van der Waals surface area contributed by atoms with Gasteiger partial charge in [0.15, 0.2) is 0 Å². The van der Waals surface area contributed by atoms with Crippen LogP contribution in [0, 0.1) is 0 Å². The summed E-state index contributed by atoms with van der Waals surface area (Å²) in [4.78, 5) is 24.4. The zero-order chi connectivity index (χ0) is 15.3. The number of ether oxygens (including phenoxy) is 1. The molecule has 1 amide bonds. The Labute approximate surface area is 119 Å². The van der Waals surface area contributed by atoms with Gasteiger partial charge in [-0.1, -0.05) is 6.92 Å². The van der Waals surface area contributed by atoms with E-state index < -0.39 is 17.7 Å². The number of hydrogen-bond acceptors (Lipinski definition) is 3. The number of carboxylic acids is 1. The molecule has 5 heteroatoms. The Balaban J connectivity index is 2.90. The van der Waals surface area contributed by atoms with Crippen molar-refractivity contribution in [1.29, 1.82) is 0 Å². The molecule has 1 aromatic rings. The van der Waals surface area contributed by atoms with Crippen LogP contribution in [-0.4, -0.2) is 29.3 Å². The van der Waals surface area contributed by atoms with Crippen LogP contribution in [0.2, 0.25) is 0 Å². The fourth-order valence-electron chi connectivity index (χ4n) is 1.56. The first kappa shape index (κ1) is 16.0. The number of amides is 1. The zero-order valence-corrected chi connectivity index (χ0v) is 12.3. The maximum atomic E-state index is 12.2. The molecule has 5 nitrogen and oxygen atoms in total. The molecular formula is C15H21NO4. The minimum atomic E-state index is -0.991. The molecule has 0 unspecified atom stereocenters. The van der Waals surface area contributed by atoms with Gasteiger partial charge in [-0.05, 0) is 51.5 Å². The first-order valence-electron chi connectivity index (χ1n) is 6.64. The van der Waals surface area contributed by atoms with E-state index in [4.69, 9.17) is 9.84 Å². The molecule has 0 aliphatic rings. The molecule has 0 saturated carbocycles. The van der Waals surface area contributed by atoms with Gasteiger partial charge >= 0.3 is 12.1 Å². The van der Waals surface area contributed by atoms with Gasteiger partial charge in [-0.25, -0.2) is 9.59 Å². The molecule has 0 aromatic heterocycles. The van der Waals surface area contributed by atoms with Crippen LogP contribution in [0.5, 0.6) is 0 Å². The molecule has 0 radical (unpaired) electrons. The summed E-state index contributed by atoms with van der Waals surface area (Å²) in [6.45, 7) is 7.94. The Kier molecular flexibility index (Phi) is 5.13. The van der Waals surface area contributed by atoms with Gasteiger partial charge in [-0.2, -0.15) is 0 Å². The van der Waals surface area contributed by atoms with Gasteiger partial charge in [0, 0.05) is 12.2 Å². The normalized spacial score (nSPS) is 11.0. The lowest BCUT2D eigenvalue weighted by Crippen LogP contribution is -2.37. The summed E-state index contributed by atoms with van der Waals surface area (Å²) < 4.78 is 5.44. The number of anilines is 1. The van der Waals surface area contributed by atoms with Gasteiger partial charge in [0.25, 0.3) is 0 Å². The molecule has 20 heavy (non-hydrogen) atoms. The molecular weight excluding hydrogens is 258 g/mol. The van der Waals surface area contributed by atoms with Crippen LogP contribution in [-0.2, 0) is 4.74 Å². The third-order valence-electron chi connectivity index (χ3n) is 3.18. The van der Waals surface area contributed by atoms with Crippen molar-refractivity contribution in [2.24, 2.45) is 0 Å². The summed E-state index contributed by atoms with van der Waals surface area (Å²) >= 11 is 0. The SMILES string of the molecule is CCN(C(=O)OC(C)(C)CC)c1ccc(C(=O)O)cc1. The maximum absolute atomic E-state index is 12.2. The number of hydrogen-bond donors (Lipinski definition) is 1. The Morgan fingerprint density at radius 2 is 1.75 bits per heavy atom. The summed E-state index contributed by atoms with van der Waals surface area (Å²) in [5, 5.41) is 8.86. The van der Waals surface area contributed by atoms with E-state index in [0.717, 1.165) is 0 Å². The Morgan fingerprint density at radius 3 is 2.15 bits per heavy atom. The van der Waals surface area contributed by atoms with E-state index >= 15 is 0 Å². The van der Waals surface area contributed by atoms with E-state index in [1.54, 1.807) is 12.1 Å². The van der Waals surface area contributed by atoms with Crippen LogP contribution < -0.4 is 4.90 Å². The van der Waals surface area contributed by atoms with Crippen LogP contribution >= 0.6 is 0 Å². The monoisotopic (exact) mass is 279 g/mol. The van der Waals surface area contributed by atoms with Crippen molar-refractivity contribution in [1.82, 2.24) is 0 Å². The molecule has 0 fully saturated rings. The zero-order valence-electron chi connectivity index (χ0n) is 12.3. The number of nitrogens with zero attached hydrogens (tertiary/aromatic N) is 1.